The van der Waals surface area contributed by atoms with Crippen molar-refractivity contribution in [3.63, 3.8) is 0 Å². The Morgan fingerprint density at radius 3 is 2.19 bits per heavy atom. The quantitative estimate of drug-likeness (QED) is 0.118. The minimum absolute atomic E-state index is 0.144. The van der Waals surface area contributed by atoms with Crippen LogP contribution in [0.5, 0.6) is 17.2 Å². The van der Waals surface area contributed by atoms with Gasteiger partial charge in [0.05, 0.1) is 5.60 Å². The Labute approximate surface area is 191 Å². The van der Waals surface area contributed by atoms with E-state index in [9.17, 15) is 25.2 Å². The van der Waals surface area contributed by atoms with Crippen molar-refractivity contribution in [2.45, 2.75) is 64.4 Å². The van der Waals surface area contributed by atoms with Gasteiger partial charge in [0.15, 0.2) is 5.78 Å². The first-order valence-electron chi connectivity index (χ1n) is 11.1. The second-order valence-corrected chi connectivity index (χ2v) is 7.82. The van der Waals surface area contributed by atoms with Gasteiger partial charge >= 0.3 is 0 Å². The van der Waals surface area contributed by atoms with Crippen LogP contribution in [0.15, 0.2) is 72.9 Å². The second kappa shape index (κ2) is 14.9. The maximum absolute atomic E-state index is 12.1. The van der Waals surface area contributed by atoms with E-state index in [4.69, 9.17) is 0 Å². The third-order valence-corrected chi connectivity index (χ3v) is 4.65. The molecule has 0 radical (unpaired) electrons. The SMILES string of the molecule is CC/C=C\C[C@](C)(O)/C=C/C=C\C/C=C\C/C=C\CCCC(=O)c1c(O)cc(O)cc1O. The number of aromatic hydroxyl groups is 3. The fourth-order valence-electron chi connectivity index (χ4n) is 2.93. The summed E-state index contributed by atoms with van der Waals surface area (Å²) < 4.78 is 0. The van der Waals surface area contributed by atoms with Crippen molar-refractivity contribution >= 4 is 5.78 Å². The number of hydrogen-bond donors (Lipinski definition) is 4. The Morgan fingerprint density at radius 1 is 0.906 bits per heavy atom. The summed E-state index contributed by atoms with van der Waals surface area (Å²) in [5, 5.41) is 38.9. The fourth-order valence-corrected chi connectivity index (χ4v) is 2.93. The summed E-state index contributed by atoms with van der Waals surface area (Å²) in [6, 6.07) is 2.08. The van der Waals surface area contributed by atoms with Gasteiger partial charge in [-0.15, -0.1) is 0 Å². The molecule has 0 fully saturated rings. The van der Waals surface area contributed by atoms with Gasteiger partial charge in [-0.25, -0.2) is 0 Å². The third-order valence-electron chi connectivity index (χ3n) is 4.65. The number of Topliss-reactive ketones (excluding diaryl/α,β-unsaturated/α-hetero) is 1. The van der Waals surface area contributed by atoms with Crippen LogP contribution >= 0.6 is 0 Å². The molecule has 1 atom stereocenters. The van der Waals surface area contributed by atoms with Crippen LogP contribution in [0.2, 0.25) is 0 Å². The number of allylic oxidation sites excluding steroid dienone is 8. The normalized spacial score (nSPS) is 14.5. The second-order valence-electron chi connectivity index (χ2n) is 7.82. The Hall–Kier alpha value is -3.05. The Bertz CT molecular complexity index is 834. The van der Waals surface area contributed by atoms with Gasteiger partial charge in [-0.05, 0) is 45.4 Å². The fraction of sp³-hybridized carbons (Fsp3) is 0.370. The van der Waals surface area contributed by atoms with E-state index < -0.39 is 17.1 Å². The molecule has 4 N–H and O–H groups in total. The van der Waals surface area contributed by atoms with Crippen molar-refractivity contribution in [2.75, 3.05) is 0 Å². The summed E-state index contributed by atoms with van der Waals surface area (Å²) in [7, 11) is 0. The summed E-state index contributed by atoms with van der Waals surface area (Å²) in [6.45, 7) is 3.86. The molecule has 1 aromatic carbocycles. The number of aliphatic hydroxyl groups is 1. The molecule has 0 unspecified atom stereocenters. The first-order chi connectivity index (χ1) is 15.3. The van der Waals surface area contributed by atoms with Crippen LogP contribution in [0, 0.1) is 0 Å². The van der Waals surface area contributed by atoms with Gasteiger partial charge in [-0.1, -0.05) is 67.7 Å². The highest BCUT2D eigenvalue weighted by atomic mass is 16.3. The number of rotatable bonds is 14. The molecule has 0 aliphatic rings. The van der Waals surface area contributed by atoms with Crippen LogP contribution in [0.4, 0.5) is 0 Å². The molecule has 0 spiro atoms. The Balaban J connectivity index is 2.22. The zero-order valence-corrected chi connectivity index (χ0v) is 19.1. The minimum atomic E-state index is -0.827. The number of carbonyl (C=O) groups is 1. The highest BCUT2D eigenvalue weighted by molar-refractivity contribution is 6.01. The van der Waals surface area contributed by atoms with Gasteiger partial charge in [0, 0.05) is 18.6 Å². The summed E-state index contributed by atoms with van der Waals surface area (Å²) >= 11 is 0. The zero-order chi connectivity index (χ0) is 23.8. The number of phenolic OH excluding ortho intramolecular Hbond substituents is 3. The van der Waals surface area contributed by atoms with Crippen molar-refractivity contribution in [2.24, 2.45) is 0 Å². The highest BCUT2D eigenvalue weighted by Gasteiger charge is 2.17. The van der Waals surface area contributed by atoms with Crippen LogP contribution < -0.4 is 0 Å². The third kappa shape index (κ3) is 11.4. The van der Waals surface area contributed by atoms with Crippen LogP contribution in [0.1, 0.15) is 69.2 Å². The molecular formula is C27H36O5. The molecule has 5 nitrogen and oxygen atoms in total. The lowest BCUT2D eigenvalue weighted by atomic mass is 10.0. The van der Waals surface area contributed by atoms with E-state index in [2.05, 4.69) is 19.1 Å². The van der Waals surface area contributed by atoms with Gasteiger partial charge in [0.25, 0.3) is 0 Å². The lowest BCUT2D eigenvalue weighted by molar-refractivity contribution is 0.0974. The molecule has 174 valence electrons. The van der Waals surface area contributed by atoms with Gasteiger partial charge in [0.2, 0.25) is 0 Å². The van der Waals surface area contributed by atoms with Gasteiger partial charge < -0.3 is 20.4 Å². The van der Waals surface area contributed by atoms with Gasteiger partial charge in [-0.2, -0.15) is 0 Å². The molecule has 0 heterocycles. The summed E-state index contributed by atoms with van der Waals surface area (Å²) in [5.41, 5.74) is -0.971. The first kappa shape index (κ1) is 27.0. The zero-order valence-electron chi connectivity index (χ0n) is 19.1. The van der Waals surface area contributed by atoms with E-state index in [0.717, 1.165) is 37.8 Å². The van der Waals surface area contributed by atoms with Crippen LogP contribution in [-0.2, 0) is 0 Å². The molecule has 0 aliphatic carbocycles. The molecule has 32 heavy (non-hydrogen) atoms. The standard InChI is InChI=1S/C27H36O5/c1-3-4-15-18-27(2,32)19-16-13-11-9-7-5-6-8-10-12-14-17-23(29)26-24(30)20-22(28)21-25(26)31/h4-5,7-8,10-11,13,15-16,19-21,28,30-32H,3,6,9,12,14,17-18H2,1-2H3/b7-5-,10-8-,13-11-,15-4-,19-16+/t27-/m0/s1. The molecule has 0 aromatic heterocycles. The van der Waals surface area contributed by atoms with Crippen molar-refractivity contribution < 1.29 is 25.2 Å². The minimum Gasteiger partial charge on any atom is -0.508 e. The monoisotopic (exact) mass is 440 g/mol. The number of phenols is 3. The Morgan fingerprint density at radius 2 is 1.53 bits per heavy atom. The number of benzene rings is 1. The van der Waals surface area contributed by atoms with Crippen LogP contribution in [-0.4, -0.2) is 31.8 Å². The lowest BCUT2D eigenvalue weighted by Gasteiger charge is -2.15. The predicted octanol–water partition coefficient (Wildman–Crippen LogP) is 6.27. The Kier molecular flexibility index (Phi) is 12.5. The summed E-state index contributed by atoms with van der Waals surface area (Å²) in [4.78, 5) is 12.1. The van der Waals surface area contributed by atoms with Crippen molar-refractivity contribution in [1.82, 2.24) is 0 Å². The van der Waals surface area contributed by atoms with E-state index in [1.165, 1.54) is 0 Å². The van der Waals surface area contributed by atoms with Crippen molar-refractivity contribution in [3.8, 4) is 17.2 Å². The molecule has 0 aliphatic heterocycles. The number of hydrogen-bond acceptors (Lipinski definition) is 5. The number of carbonyl (C=O) groups excluding carboxylic acids is 1. The molecule has 0 amide bonds. The van der Waals surface area contributed by atoms with Gasteiger partial charge in [0.1, 0.15) is 22.8 Å². The predicted molar refractivity (Wildman–Crippen MR) is 130 cm³/mol. The number of ketones is 1. The molecule has 0 saturated carbocycles. The average Bonchev–Trinajstić information content (AvgIpc) is 2.70. The smallest absolute Gasteiger partial charge is 0.170 e. The molecule has 1 aromatic rings. The van der Waals surface area contributed by atoms with E-state index in [1.807, 2.05) is 42.5 Å². The molecular weight excluding hydrogens is 404 g/mol. The first-order valence-corrected chi connectivity index (χ1v) is 11.1. The average molecular weight is 441 g/mol. The highest BCUT2D eigenvalue weighted by Crippen LogP contribution is 2.33. The van der Waals surface area contributed by atoms with Gasteiger partial charge in [-0.3, -0.25) is 4.79 Å². The maximum atomic E-state index is 12.1. The molecule has 0 bridgehead atoms. The van der Waals surface area contributed by atoms with E-state index in [1.54, 1.807) is 13.0 Å². The number of unbranched alkanes of at least 4 members (excludes halogenated alkanes) is 1. The molecule has 5 heteroatoms. The lowest BCUT2D eigenvalue weighted by Crippen LogP contribution is -2.18. The molecule has 1 rings (SSSR count). The van der Waals surface area contributed by atoms with Crippen molar-refractivity contribution in [3.05, 3.63) is 78.5 Å². The maximum Gasteiger partial charge on any atom is 0.170 e. The molecule has 0 saturated heterocycles. The van der Waals surface area contributed by atoms with Crippen LogP contribution in [0.25, 0.3) is 0 Å². The van der Waals surface area contributed by atoms with Crippen molar-refractivity contribution in [1.29, 1.82) is 0 Å². The summed E-state index contributed by atoms with van der Waals surface area (Å²) in [6.07, 6.45) is 24.5. The van der Waals surface area contributed by atoms with E-state index >= 15 is 0 Å². The summed E-state index contributed by atoms with van der Waals surface area (Å²) in [5.74, 6) is -1.46. The topological polar surface area (TPSA) is 98.0 Å². The van der Waals surface area contributed by atoms with E-state index in [-0.39, 0.29) is 23.5 Å². The van der Waals surface area contributed by atoms with E-state index in [0.29, 0.717) is 12.8 Å². The largest absolute Gasteiger partial charge is 0.508 e. The van der Waals surface area contributed by atoms with Crippen LogP contribution in [0.3, 0.4) is 0 Å².